The van der Waals surface area contributed by atoms with Crippen molar-refractivity contribution in [1.82, 2.24) is 9.97 Å². The topological polar surface area (TPSA) is 102 Å². The first kappa shape index (κ1) is 19.3. The van der Waals surface area contributed by atoms with Gasteiger partial charge in [0.05, 0.1) is 22.2 Å². The van der Waals surface area contributed by atoms with E-state index in [1.165, 1.54) is 18.5 Å². The number of para-hydroxylation sites is 2. The zero-order chi connectivity index (χ0) is 20.1. The average molecular weight is 404 g/mol. The maximum atomic E-state index is 13.3. The zero-order valence-corrected chi connectivity index (χ0v) is 15.4. The van der Waals surface area contributed by atoms with Crippen LogP contribution >= 0.6 is 11.6 Å². The molecule has 144 valence electrons. The smallest absolute Gasteiger partial charge is 0.353 e. The Morgan fingerprint density at radius 3 is 2.57 bits per heavy atom. The molecular weight excluding hydrogens is 389 g/mol. The van der Waals surface area contributed by atoms with E-state index in [2.05, 4.69) is 20.6 Å². The number of anilines is 4. The van der Waals surface area contributed by atoms with Gasteiger partial charge in [0.2, 0.25) is 11.6 Å². The summed E-state index contributed by atoms with van der Waals surface area (Å²) in [6.07, 6.45) is 1.17. The summed E-state index contributed by atoms with van der Waals surface area (Å²) in [7, 11) is 0. The quantitative estimate of drug-likeness (QED) is 0.419. The van der Waals surface area contributed by atoms with Gasteiger partial charge in [0.25, 0.3) is 0 Å². The Labute approximate surface area is 164 Å². The van der Waals surface area contributed by atoms with Gasteiger partial charge in [0.15, 0.2) is 0 Å². The highest BCUT2D eigenvalue weighted by molar-refractivity contribution is 6.31. The minimum Gasteiger partial charge on any atom is -0.492 e. The van der Waals surface area contributed by atoms with Gasteiger partial charge in [0.1, 0.15) is 17.9 Å². The molecule has 0 aliphatic rings. The number of nitrogens with one attached hydrogen (secondary N) is 2. The molecule has 0 unspecified atom stereocenters. The zero-order valence-electron chi connectivity index (χ0n) is 14.6. The Kier molecular flexibility index (Phi) is 5.85. The number of halogens is 2. The molecule has 1 aromatic heterocycles. The minimum absolute atomic E-state index is 0.0251. The summed E-state index contributed by atoms with van der Waals surface area (Å²) in [5, 5.41) is 17.2. The van der Waals surface area contributed by atoms with Crippen molar-refractivity contribution in [3.05, 3.63) is 69.7 Å². The van der Waals surface area contributed by atoms with Crippen molar-refractivity contribution in [2.24, 2.45) is 0 Å². The summed E-state index contributed by atoms with van der Waals surface area (Å²) in [6.45, 7) is 2.27. The van der Waals surface area contributed by atoms with Crippen LogP contribution in [0.4, 0.5) is 33.1 Å². The van der Waals surface area contributed by atoms with Crippen molar-refractivity contribution < 1.29 is 14.1 Å². The van der Waals surface area contributed by atoms with Crippen LogP contribution in [0.1, 0.15) is 6.92 Å². The summed E-state index contributed by atoms with van der Waals surface area (Å²) in [4.78, 5) is 19.0. The van der Waals surface area contributed by atoms with Crippen LogP contribution in [0.2, 0.25) is 5.02 Å². The lowest BCUT2D eigenvalue weighted by atomic mass is 10.2. The molecule has 0 saturated heterocycles. The lowest BCUT2D eigenvalue weighted by Gasteiger charge is -2.13. The lowest BCUT2D eigenvalue weighted by molar-refractivity contribution is -0.383. The van der Waals surface area contributed by atoms with E-state index in [4.69, 9.17) is 16.3 Å². The molecule has 2 N–H and O–H groups in total. The highest BCUT2D eigenvalue weighted by Gasteiger charge is 2.24. The summed E-state index contributed by atoms with van der Waals surface area (Å²) in [5.74, 6) is -0.168. The summed E-state index contributed by atoms with van der Waals surface area (Å²) < 4.78 is 18.9. The fourth-order valence-electron chi connectivity index (χ4n) is 2.42. The monoisotopic (exact) mass is 403 g/mol. The van der Waals surface area contributed by atoms with Gasteiger partial charge in [-0.3, -0.25) is 10.1 Å². The normalized spacial score (nSPS) is 10.4. The number of nitro groups is 1. The molecule has 0 fully saturated rings. The second-order valence-corrected chi connectivity index (χ2v) is 5.89. The Balaban J connectivity index is 1.98. The third-order valence-corrected chi connectivity index (χ3v) is 3.92. The van der Waals surface area contributed by atoms with Crippen molar-refractivity contribution in [3.8, 4) is 5.75 Å². The Hall–Kier alpha value is -3.46. The average Bonchev–Trinajstić information content (AvgIpc) is 2.66. The second-order valence-electron chi connectivity index (χ2n) is 5.48. The van der Waals surface area contributed by atoms with Crippen molar-refractivity contribution >= 4 is 40.3 Å². The molecular formula is C18H15ClFN5O3. The second kappa shape index (κ2) is 8.49. The number of hydrogen-bond donors (Lipinski definition) is 2. The van der Waals surface area contributed by atoms with E-state index in [0.717, 1.165) is 6.07 Å². The number of benzene rings is 2. The van der Waals surface area contributed by atoms with Gasteiger partial charge in [-0.15, -0.1) is 0 Å². The summed E-state index contributed by atoms with van der Waals surface area (Å²) >= 11 is 5.76. The van der Waals surface area contributed by atoms with Gasteiger partial charge in [-0.1, -0.05) is 23.7 Å². The summed E-state index contributed by atoms with van der Waals surface area (Å²) in [5.41, 5.74) is 0.477. The molecule has 10 heteroatoms. The molecule has 0 saturated carbocycles. The molecule has 0 aliphatic carbocycles. The third-order valence-electron chi connectivity index (χ3n) is 3.63. The van der Waals surface area contributed by atoms with Crippen LogP contribution in [0.5, 0.6) is 5.75 Å². The first-order chi connectivity index (χ1) is 13.5. The number of aromatic nitrogens is 2. The molecule has 28 heavy (non-hydrogen) atoms. The molecule has 0 amide bonds. The molecule has 3 aromatic rings. The predicted octanol–water partition coefficient (Wildman–Crippen LogP) is 5.06. The SMILES string of the molecule is CCOc1ccccc1Nc1ncnc(Nc2ccc(F)c(Cl)c2)c1[N+](=O)[O-]. The van der Waals surface area contributed by atoms with Gasteiger partial charge >= 0.3 is 5.69 Å². The van der Waals surface area contributed by atoms with E-state index in [9.17, 15) is 14.5 Å². The van der Waals surface area contributed by atoms with Crippen molar-refractivity contribution in [2.75, 3.05) is 17.2 Å². The molecule has 0 atom stereocenters. The van der Waals surface area contributed by atoms with Crippen LogP contribution in [0.3, 0.4) is 0 Å². The number of ether oxygens (including phenoxy) is 1. The maximum absolute atomic E-state index is 13.3. The van der Waals surface area contributed by atoms with Crippen molar-refractivity contribution in [2.45, 2.75) is 6.92 Å². The largest absolute Gasteiger partial charge is 0.492 e. The van der Waals surface area contributed by atoms with Crippen LogP contribution in [0.25, 0.3) is 0 Å². The number of hydrogen-bond acceptors (Lipinski definition) is 7. The van der Waals surface area contributed by atoms with E-state index < -0.39 is 10.7 Å². The summed E-state index contributed by atoms with van der Waals surface area (Å²) in [6, 6.07) is 10.8. The molecule has 1 heterocycles. The van der Waals surface area contributed by atoms with E-state index in [1.54, 1.807) is 24.3 Å². The highest BCUT2D eigenvalue weighted by atomic mass is 35.5. The van der Waals surface area contributed by atoms with Crippen LogP contribution in [-0.4, -0.2) is 21.5 Å². The van der Waals surface area contributed by atoms with E-state index in [-0.39, 0.29) is 22.3 Å². The molecule has 0 spiro atoms. The first-order valence-electron chi connectivity index (χ1n) is 8.20. The Morgan fingerprint density at radius 1 is 1.18 bits per heavy atom. The van der Waals surface area contributed by atoms with Crippen molar-refractivity contribution in [3.63, 3.8) is 0 Å². The molecule has 2 aromatic carbocycles. The fraction of sp³-hybridized carbons (Fsp3) is 0.111. The van der Waals surface area contributed by atoms with Crippen molar-refractivity contribution in [1.29, 1.82) is 0 Å². The Bertz CT molecular complexity index is 1020. The highest BCUT2D eigenvalue weighted by Crippen LogP contribution is 2.35. The maximum Gasteiger partial charge on any atom is 0.353 e. The molecule has 0 aliphatic heterocycles. The van der Waals surface area contributed by atoms with E-state index >= 15 is 0 Å². The standard InChI is InChI=1S/C18H15ClFN5O3/c1-2-28-15-6-4-3-5-14(15)24-18-16(25(26)27)17(21-10-22-18)23-11-7-8-13(20)12(19)9-11/h3-10H,2H2,1H3,(H2,21,22,23,24). The molecule has 0 radical (unpaired) electrons. The van der Waals surface area contributed by atoms with Crippen LogP contribution < -0.4 is 15.4 Å². The van der Waals surface area contributed by atoms with Gasteiger partial charge in [0, 0.05) is 5.69 Å². The number of nitrogens with zero attached hydrogens (tertiary/aromatic N) is 3. The van der Waals surface area contributed by atoms with E-state index in [1.807, 2.05) is 6.92 Å². The first-order valence-corrected chi connectivity index (χ1v) is 8.57. The molecule has 8 nitrogen and oxygen atoms in total. The number of rotatable bonds is 7. The van der Waals surface area contributed by atoms with Gasteiger partial charge in [-0.05, 0) is 37.3 Å². The van der Waals surface area contributed by atoms with Gasteiger partial charge in [-0.25, -0.2) is 14.4 Å². The van der Waals surface area contributed by atoms with Crippen LogP contribution in [-0.2, 0) is 0 Å². The molecule has 3 rings (SSSR count). The minimum atomic E-state index is -0.612. The van der Waals surface area contributed by atoms with Crippen LogP contribution in [0, 0.1) is 15.9 Å². The van der Waals surface area contributed by atoms with Gasteiger partial charge in [-0.2, -0.15) is 0 Å². The van der Waals surface area contributed by atoms with Gasteiger partial charge < -0.3 is 15.4 Å². The fourth-order valence-corrected chi connectivity index (χ4v) is 2.60. The third kappa shape index (κ3) is 4.26. The van der Waals surface area contributed by atoms with Crippen LogP contribution in [0.15, 0.2) is 48.8 Å². The van der Waals surface area contributed by atoms with E-state index in [0.29, 0.717) is 23.7 Å². The molecule has 0 bridgehead atoms. The Morgan fingerprint density at radius 2 is 1.89 bits per heavy atom. The predicted molar refractivity (Wildman–Crippen MR) is 104 cm³/mol. The lowest BCUT2D eigenvalue weighted by Crippen LogP contribution is -2.06.